The molecule has 0 aliphatic heterocycles. The van der Waals surface area contributed by atoms with Gasteiger partial charge in [0.1, 0.15) is 10.8 Å². The van der Waals surface area contributed by atoms with Crippen molar-refractivity contribution in [3.8, 4) is 0 Å². The molecule has 0 spiro atoms. The Morgan fingerprint density at radius 2 is 2.07 bits per heavy atom. The van der Waals surface area contributed by atoms with E-state index in [9.17, 15) is 23.1 Å². The number of aromatic nitrogens is 4. The summed E-state index contributed by atoms with van der Waals surface area (Å²) < 4.78 is 40.9. The zero-order valence-electron chi connectivity index (χ0n) is 14.7. The number of pyridine rings is 1. The topological polar surface area (TPSA) is 72.4 Å². The molecule has 1 N–H and O–H groups in total. The molecule has 4 rings (SSSR count). The van der Waals surface area contributed by atoms with Gasteiger partial charge in [-0.15, -0.1) is 0 Å². The molecule has 148 valence electrons. The first kappa shape index (κ1) is 18.9. The molecule has 6 nitrogen and oxygen atoms in total. The van der Waals surface area contributed by atoms with E-state index in [4.69, 9.17) is 11.6 Å². The largest absolute Gasteiger partial charge is 0.435 e. The number of nitrogens with zero attached hydrogens (tertiary/aromatic N) is 4. The van der Waals surface area contributed by atoms with Crippen LogP contribution in [-0.4, -0.2) is 30.9 Å². The predicted molar refractivity (Wildman–Crippen MR) is 95.5 cm³/mol. The van der Waals surface area contributed by atoms with Gasteiger partial charge in [0, 0.05) is 30.4 Å². The molecule has 10 heteroatoms. The molecule has 3 aromatic heterocycles. The fourth-order valence-electron chi connectivity index (χ4n) is 3.48. The lowest BCUT2D eigenvalue weighted by molar-refractivity contribution is -0.141. The summed E-state index contributed by atoms with van der Waals surface area (Å²) in [5.41, 5.74) is 0.962. The summed E-state index contributed by atoms with van der Waals surface area (Å²) in [6.07, 6.45) is -3.81. The molecular weight excluding hydrogens is 397 g/mol. The summed E-state index contributed by atoms with van der Waals surface area (Å²) >= 11 is 5.85. The highest BCUT2D eigenvalue weighted by Crippen LogP contribution is 2.47. The maximum Gasteiger partial charge on any atom is 0.435 e. The molecule has 3 aromatic rings. The van der Waals surface area contributed by atoms with Crippen LogP contribution in [0.2, 0.25) is 5.15 Å². The molecule has 1 saturated carbocycles. The van der Waals surface area contributed by atoms with Gasteiger partial charge in [0.15, 0.2) is 5.69 Å². The number of hydrogen-bond acceptors (Lipinski definition) is 4. The lowest BCUT2D eigenvalue weighted by Crippen LogP contribution is -2.21. The van der Waals surface area contributed by atoms with E-state index >= 15 is 0 Å². The minimum atomic E-state index is -4.61. The summed E-state index contributed by atoms with van der Waals surface area (Å²) in [5, 5.41) is 12.6. The van der Waals surface area contributed by atoms with E-state index in [0.717, 1.165) is 28.4 Å². The number of rotatable bonds is 4. The van der Waals surface area contributed by atoms with Crippen LogP contribution in [0.3, 0.4) is 0 Å². The lowest BCUT2D eigenvalue weighted by Gasteiger charge is -2.12. The molecule has 0 saturated heterocycles. The Bertz CT molecular complexity index is 1120. The van der Waals surface area contributed by atoms with Crippen molar-refractivity contribution in [1.29, 1.82) is 0 Å². The zero-order valence-corrected chi connectivity index (χ0v) is 15.5. The number of halogens is 4. The fraction of sp³-hybridized carbons (Fsp3) is 0.389. The average molecular weight is 413 g/mol. The van der Waals surface area contributed by atoms with E-state index < -0.39 is 11.9 Å². The maximum absolute atomic E-state index is 12.8. The van der Waals surface area contributed by atoms with Crippen LogP contribution in [-0.2, 0) is 12.7 Å². The van der Waals surface area contributed by atoms with Gasteiger partial charge in [-0.2, -0.15) is 18.3 Å². The number of aryl methyl sites for hydroxylation is 1. The molecule has 1 aliphatic carbocycles. The standard InChI is InChI=1S/C18H16ClF3N4O2/c1-9-2-3-15-23-11(7-25-14(19)6-13(24-25)18(20,21)22)5-16(28)26(15)17(9)12-4-10(12)8-27/h2-3,5-6,10,12,27H,4,7-8H2,1H3/t10-,12+/m1/s1. The van der Waals surface area contributed by atoms with Crippen LogP contribution in [0.15, 0.2) is 29.1 Å². The fourth-order valence-corrected chi connectivity index (χ4v) is 3.69. The van der Waals surface area contributed by atoms with E-state index in [0.29, 0.717) is 5.65 Å². The first-order valence-corrected chi connectivity index (χ1v) is 9.00. The quantitative estimate of drug-likeness (QED) is 0.715. The average Bonchev–Trinajstić information content (AvgIpc) is 3.30. The van der Waals surface area contributed by atoms with Crippen LogP contribution in [0, 0.1) is 12.8 Å². The van der Waals surface area contributed by atoms with E-state index in [2.05, 4.69) is 10.1 Å². The summed E-state index contributed by atoms with van der Waals surface area (Å²) in [4.78, 5) is 17.2. The van der Waals surface area contributed by atoms with Gasteiger partial charge < -0.3 is 5.11 Å². The lowest BCUT2D eigenvalue weighted by atomic mass is 10.1. The normalized spacial score (nSPS) is 19.4. The van der Waals surface area contributed by atoms with Crippen molar-refractivity contribution >= 4 is 17.2 Å². The van der Waals surface area contributed by atoms with Crippen molar-refractivity contribution in [1.82, 2.24) is 19.2 Å². The van der Waals surface area contributed by atoms with E-state index in [1.165, 1.54) is 10.5 Å². The van der Waals surface area contributed by atoms with Crippen molar-refractivity contribution in [3.63, 3.8) is 0 Å². The van der Waals surface area contributed by atoms with Gasteiger partial charge in [0.25, 0.3) is 5.56 Å². The van der Waals surface area contributed by atoms with Gasteiger partial charge in [-0.25, -0.2) is 9.67 Å². The van der Waals surface area contributed by atoms with Crippen molar-refractivity contribution < 1.29 is 18.3 Å². The highest BCUT2D eigenvalue weighted by Gasteiger charge is 2.40. The summed E-state index contributed by atoms with van der Waals surface area (Å²) in [7, 11) is 0. The first-order valence-electron chi connectivity index (χ1n) is 8.62. The van der Waals surface area contributed by atoms with Gasteiger partial charge in [-0.1, -0.05) is 17.7 Å². The Balaban J connectivity index is 1.74. The highest BCUT2D eigenvalue weighted by atomic mass is 35.5. The second-order valence-corrected chi connectivity index (χ2v) is 7.36. The maximum atomic E-state index is 12.8. The van der Waals surface area contributed by atoms with Crippen molar-refractivity contribution in [2.75, 3.05) is 6.61 Å². The van der Waals surface area contributed by atoms with Crippen LogP contribution < -0.4 is 5.56 Å². The van der Waals surface area contributed by atoms with Crippen LogP contribution in [0.25, 0.3) is 5.65 Å². The van der Waals surface area contributed by atoms with Crippen LogP contribution >= 0.6 is 11.6 Å². The molecule has 1 fully saturated rings. The third-order valence-corrected chi connectivity index (χ3v) is 5.27. The van der Waals surface area contributed by atoms with Gasteiger partial charge >= 0.3 is 6.18 Å². The molecule has 0 amide bonds. The number of fused-ring (bicyclic) bond motifs is 1. The number of hydrogen-bond donors (Lipinski definition) is 1. The number of alkyl halides is 3. The Labute approximate surface area is 162 Å². The van der Waals surface area contributed by atoms with Crippen molar-refractivity contribution in [2.45, 2.75) is 32.0 Å². The SMILES string of the molecule is Cc1ccc2nc(Cn3nc(C(F)(F)F)cc3Cl)cc(=O)n2c1[C@H]1C[C@@H]1CO. The Morgan fingerprint density at radius 3 is 2.68 bits per heavy atom. The molecule has 28 heavy (non-hydrogen) atoms. The van der Waals surface area contributed by atoms with E-state index in [-0.39, 0.29) is 41.4 Å². The first-order chi connectivity index (χ1) is 13.2. The minimum absolute atomic E-state index is 0.0556. The van der Waals surface area contributed by atoms with Gasteiger partial charge in [0.2, 0.25) is 0 Å². The molecule has 0 radical (unpaired) electrons. The monoisotopic (exact) mass is 412 g/mol. The van der Waals surface area contributed by atoms with E-state index in [1.807, 2.05) is 13.0 Å². The third-order valence-electron chi connectivity index (χ3n) is 4.97. The van der Waals surface area contributed by atoms with Crippen molar-refractivity contribution in [3.05, 3.63) is 62.4 Å². The van der Waals surface area contributed by atoms with Crippen LogP contribution in [0.5, 0.6) is 0 Å². The van der Waals surface area contributed by atoms with E-state index in [1.54, 1.807) is 6.07 Å². The highest BCUT2D eigenvalue weighted by molar-refractivity contribution is 6.29. The Kier molecular flexibility index (Phi) is 4.46. The molecule has 0 aromatic carbocycles. The molecule has 0 unspecified atom stereocenters. The van der Waals surface area contributed by atoms with Crippen LogP contribution in [0.4, 0.5) is 13.2 Å². The molecule has 2 atom stereocenters. The Hall–Kier alpha value is -2.39. The summed E-state index contributed by atoms with van der Waals surface area (Å²) in [6, 6.07) is 5.54. The molecule has 3 heterocycles. The van der Waals surface area contributed by atoms with Crippen molar-refractivity contribution in [2.24, 2.45) is 5.92 Å². The van der Waals surface area contributed by atoms with Gasteiger partial charge in [0.05, 0.1) is 12.2 Å². The zero-order chi connectivity index (χ0) is 20.2. The molecule has 0 bridgehead atoms. The smallest absolute Gasteiger partial charge is 0.396 e. The second-order valence-electron chi connectivity index (χ2n) is 6.97. The Morgan fingerprint density at radius 1 is 1.32 bits per heavy atom. The predicted octanol–water partition coefficient (Wildman–Crippen LogP) is 3.02. The summed E-state index contributed by atoms with van der Waals surface area (Å²) in [6.45, 7) is 1.79. The minimum Gasteiger partial charge on any atom is -0.396 e. The van der Waals surface area contributed by atoms with Crippen LogP contribution in [0.1, 0.15) is 35.0 Å². The second kappa shape index (κ2) is 6.59. The molecule has 1 aliphatic rings. The van der Waals surface area contributed by atoms with Gasteiger partial charge in [-0.3, -0.25) is 9.20 Å². The third kappa shape index (κ3) is 3.29. The number of aliphatic hydroxyl groups is 1. The van der Waals surface area contributed by atoms with Gasteiger partial charge in [-0.05, 0) is 30.9 Å². The number of aliphatic hydroxyl groups excluding tert-OH is 1. The molecular formula is C18H16ClF3N4O2. The summed E-state index contributed by atoms with van der Waals surface area (Å²) in [5.74, 6) is 0.216.